The van der Waals surface area contributed by atoms with Gasteiger partial charge in [0.05, 0.1) is 12.9 Å². The number of rotatable bonds is 6. The van der Waals surface area contributed by atoms with Gasteiger partial charge in [-0.3, -0.25) is 4.79 Å². The van der Waals surface area contributed by atoms with Gasteiger partial charge in [0.15, 0.2) is 5.82 Å². The lowest BCUT2D eigenvalue weighted by atomic mass is 10.2. The van der Waals surface area contributed by atoms with Gasteiger partial charge in [-0.2, -0.15) is 0 Å². The molecule has 0 aliphatic heterocycles. The summed E-state index contributed by atoms with van der Waals surface area (Å²) in [6, 6.07) is 15.0. The number of amides is 1. The molecule has 3 N–H and O–H groups in total. The molecule has 2 aromatic carbocycles. The van der Waals surface area contributed by atoms with Gasteiger partial charge in [0, 0.05) is 11.3 Å². The Labute approximate surface area is 155 Å². The van der Waals surface area contributed by atoms with Crippen LogP contribution >= 0.6 is 11.8 Å². The van der Waals surface area contributed by atoms with Crippen LogP contribution in [0.2, 0.25) is 0 Å². The maximum Gasteiger partial charge on any atom is 0.234 e. The molecule has 1 aromatic heterocycles. The van der Waals surface area contributed by atoms with Gasteiger partial charge in [0.25, 0.3) is 0 Å². The van der Waals surface area contributed by atoms with Crippen LogP contribution in [0.25, 0.3) is 11.4 Å². The number of thioether (sulfide) groups is 1. The molecule has 3 aromatic rings. The first-order valence-corrected chi connectivity index (χ1v) is 8.89. The van der Waals surface area contributed by atoms with Crippen LogP contribution in [0, 0.1) is 6.92 Å². The molecule has 0 spiro atoms. The number of hydrogen-bond acceptors (Lipinski definition) is 6. The highest BCUT2D eigenvalue weighted by Gasteiger charge is 2.14. The van der Waals surface area contributed by atoms with E-state index in [1.165, 1.54) is 16.4 Å². The Morgan fingerprint density at radius 2 is 1.85 bits per heavy atom. The number of aromatic nitrogens is 3. The fraction of sp³-hybridized carbons (Fsp3) is 0.167. The summed E-state index contributed by atoms with van der Waals surface area (Å²) in [5, 5.41) is 11.5. The largest absolute Gasteiger partial charge is 0.497 e. The predicted molar refractivity (Wildman–Crippen MR) is 103 cm³/mol. The van der Waals surface area contributed by atoms with Gasteiger partial charge in [-0.25, -0.2) is 4.68 Å². The first-order valence-electron chi connectivity index (χ1n) is 7.91. The monoisotopic (exact) mass is 369 g/mol. The van der Waals surface area contributed by atoms with E-state index in [1.807, 2.05) is 55.5 Å². The quantitative estimate of drug-likeness (QED) is 0.512. The number of nitrogens with zero attached hydrogens (tertiary/aromatic N) is 3. The van der Waals surface area contributed by atoms with Crippen LogP contribution in [0.3, 0.4) is 0 Å². The highest BCUT2D eigenvalue weighted by Crippen LogP contribution is 2.23. The third kappa shape index (κ3) is 4.15. The second kappa shape index (κ2) is 7.92. The molecule has 0 aliphatic rings. The number of methoxy groups -OCH3 is 1. The molecule has 0 bridgehead atoms. The zero-order chi connectivity index (χ0) is 18.5. The highest BCUT2D eigenvalue weighted by molar-refractivity contribution is 7.99. The van der Waals surface area contributed by atoms with Gasteiger partial charge in [-0.1, -0.05) is 29.5 Å². The smallest absolute Gasteiger partial charge is 0.234 e. The molecule has 0 atom stereocenters. The predicted octanol–water partition coefficient (Wildman–Crippen LogP) is 2.71. The number of benzene rings is 2. The summed E-state index contributed by atoms with van der Waals surface area (Å²) in [6.45, 7) is 2.00. The Morgan fingerprint density at radius 3 is 2.50 bits per heavy atom. The Bertz CT molecular complexity index is 891. The van der Waals surface area contributed by atoms with Crippen molar-refractivity contribution in [2.24, 2.45) is 0 Å². The number of nitrogens with one attached hydrogen (secondary N) is 1. The summed E-state index contributed by atoms with van der Waals surface area (Å²) in [5.74, 6) is 7.40. The molecule has 1 amide bonds. The van der Waals surface area contributed by atoms with Crippen molar-refractivity contribution in [3.05, 3.63) is 54.1 Å². The summed E-state index contributed by atoms with van der Waals surface area (Å²) < 4.78 is 6.52. The second-order valence-corrected chi connectivity index (χ2v) is 6.55. The number of nitrogen functional groups attached to an aromatic ring is 1. The van der Waals surface area contributed by atoms with Crippen molar-refractivity contribution in [2.45, 2.75) is 12.1 Å². The van der Waals surface area contributed by atoms with Crippen LogP contribution in [0.4, 0.5) is 5.69 Å². The Kier molecular flexibility index (Phi) is 5.43. The number of nitrogens with two attached hydrogens (primary N) is 1. The van der Waals surface area contributed by atoms with E-state index in [2.05, 4.69) is 15.5 Å². The molecule has 0 saturated heterocycles. The molecule has 134 valence electrons. The third-order valence-electron chi connectivity index (χ3n) is 3.68. The lowest BCUT2D eigenvalue weighted by Crippen LogP contribution is -2.16. The van der Waals surface area contributed by atoms with E-state index >= 15 is 0 Å². The molecule has 0 aliphatic carbocycles. The van der Waals surface area contributed by atoms with Crippen molar-refractivity contribution in [3.8, 4) is 17.1 Å². The van der Waals surface area contributed by atoms with E-state index in [0.717, 1.165) is 22.6 Å². The summed E-state index contributed by atoms with van der Waals surface area (Å²) in [4.78, 5) is 12.1. The molecule has 3 rings (SSSR count). The molecule has 0 saturated carbocycles. The molecule has 0 radical (unpaired) electrons. The maximum absolute atomic E-state index is 12.1. The number of anilines is 1. The number of hydrogen-bond donors (Lipinski definition) is 2. The van der Waals surface area contributed by atoms with Crippen molar-refractivity contribution in [2.75, 3.05) is 24.0 Å². The molecule has 1 heterocycles. The second-order valence-electron chi connectivity index (χ2n) is 5.61. The first kappa shape index (κ1) is 17.8. The zero-order valence-electron chi connectivity index (χ0n) is 14.5. The Hall–Kier alpha value is -3.00. The van der Waals surface area contributed by atoms with E-state index in [9.17, 15) is 4.79 Å². The number of aryl methyl sites for hydroxylation is 1. The van der Waals surface area contributed by atoms with E-state index in [1.54, 1.807) is 7.11 Å². The van der Waals surface area contributed by atoms with Crippen molar-refractivity contribution in [1.29, 1.82) is 0 Å². The summed E-state index contributed by atoms with van der Waals surface area (Å²) in [6.07, 6.45) is 0. The van der Waals surface area contributed by atoms with Crippen molar-refractivity contribution < 1.29 is 9.53 Å². The van der Waals surface area contributed by atoms with Crippen molar-refractivity contribution in [3.63, 3.8) is 0 Å². The number of carbonyl (C=O) groups excluding carboxylic acids is 1. The van der Waals surface area contributed by atoms with Gasteiger partial charge >= 0.3 is 0 Å². The van der Waals surface area contributed by atoms with E-state index in [-0.39, 0.29) is 11.7 Å². The highest BCUT2D eigenvalue weighted by atomic mass is 32.2. The van der Waals surface area contributed by atoms with E-state index < -0.39 is 0 Å². The SMILES string of the molecule is COc1ccc(-c2nnc(SCC(=O)Nc3ccc(C)cc3)n2N)cc1. The van der Waals surface area contributed by atoms with Crippen LogP contribution in [0.1, 0.15) is 5.56 Å². The molecular weight excluding hydrogens is 350 g/mol. The van der Waals surface area contributed by atoms with Crippen molar-refractivity contribution in [1.82, 2.24) is 14.9 Å². The maximum atomic E-state index is 12.1. The molecule has 26 heavy (non-hydrogen) atoms. The molecule has 0 unspecified atom stereocenters. The minimum Gasteiger partial charge on any atom is -0.497 e. The van der Waals surface area contributed by atoms with E-state index in [4.69, 9.17) is 10.6 Å². The normalized spacial score (nSPS) is 10.5. The molecule has 0 fully saturated rings. The van der Waals surface area contributed by atoms with Crippen LogP contribution in [-0.4, -0.2) is 33.6 Å². The summed E-state index contributed by atoms with van der Waals surface area (Å²) in [7, 11) is 1.61. The van der Waals surface area contributed by atoms with Gasteiger partial charge in [0.2, 0.25) is 11.1 Å². The average molecular weight is 369 g/mol. The number of ether oxygens (including phenoxy) is 1. The molecular formula is C18H19N5O2S. The lowest BCUT2D eigenvalue weighted by molar-refractivity contribution is -0.113. The average Bonchev–Trinajstić information content (AvgIpc) is 3.02. The standard InChI is InChI=1S/C18H19N5O2S/c1-12-3-7-14(8-4-12)20-16(24)11-26-18-22-21-17(23(18)19)13-5-9-15(25-2)10-6-13/h3-10H,11,19H2,1-2H3,(H,20,24). The topological polar surface area (TPSA) is 95.1 Å². The van der Waals surface area contributed by atoms with E-state index in [0.29, 0.717) is 11.0 Å². The first-order chi connectivity index (χ1) is 12.6. The van der Waals surface area contributed by atoms with Gasteiger partial charge in [0.1, 0.15) is 5.75 Å². The van der Waals surface area contributed by atoms with Crippen LogP contribution in [0.5, 0.6) is 5.75 Å². The fourth-order valence-corrected chi connectivity index (χ4v) is 2.93. The summed E-state index contributed by atoms with van der Waals surface area (Å²) in [5.41, 5.74) is 2.71. The zero-order valence-corrected chi connectivity index (χ0v) is 15.3. The van der Waals surface area contributed by atoms with Crippen molar-refractivity contribution >= 4 is 23.4 Å². The van der Waals surface area contributed by atoms with Gasteiger partial charge in [-0.05, 0) is 43.3 Å². The molecule has 7 nitrogen and oxygen atoms in total. The van der Waals surface area contributed by atoms with Crippen LogP contribution in [-0.2, 0) is 4.79 Å². The fourth-order valence-electron chi connectivity index (χ4n) is 2.28. The van der Waals surface area contributed by atoms with Gasteiger partial charge < -0.3 is 15.9 Å². The Morgan fingerprint density at radius 1 is 1.15 bits per heavy atom. The Balaban J connectivity index is 1.62. The lowest BCUT2D eigenvalue weighted by Gasteiger charge is -2.06. The summed E-state index contributed by atoms with van der Waals surface area (Å²) >= 11 is 1.23. The van der Waals surface area contributed by atoms with Gasteiger partial charge in [-0.15, -0.1) is 10.2 Å². The minimum atomic E-state index is -0.132. The number of carbonyl (C=O) groups is 1. The minimum absolute atomic E-state index is 0.132. The third-order valence-corrected chi connectivity index (χ3v) is 4.62. The van der Waals surface area contributed by atoms with Crippen LogP contribution < -0.4 is 15.9 Å². The molecule has 8 heteroatoms. The van der Waals surface area contributed by atoms with Crippen LogP contribution in [0.15, 0.2) is 53.7 Å².